The molecule has 4 N–H and O–H groups in total. The second-order valence-corrected chi connectivity index (χ2v) is 19.9. The molecule has 2 aliphatic rings. The second kappa shape index (κ2) is 18.4. The Labute approximate surface area is 345 Å². The van der Waals surface area contributed by atoms with Gasteiger partial charge in [-0.1, -0.05) is 81.8 Å². The molecule has 0 spiro atoms. The van der Waals surface area contributed by atoms with Crippen LogP contribution in [0.4, 0.5) is 5.69 Å². The Morgan fingerprint density at radius 1 is 0.914 bits per heavy atom. The molecular formula is C40H48ClN3O11S3. The van der Waals surface area contributed by atoms with E-state index in [9.17, 15) is 48.8 Å². The molecule has 0 radical (unpaired) electrons. The molecule has 4 rings (SSSR count). The minimum atomic E-state index is -4.55. The number of aryl methyl sites for hydroxylation is 1. The van der Waals surface area contributed by atoms with Gasteiger partial charge in [-0.25, -0.2) is 4.99 Å². The van der Waals surface area contributed by atoms with Crippen LogP contribution in [0.15, 0.2) is 110 Å². The SMILES string of the molecule is C\C=C(Cl)/C=C1\C(=N\CCCS(=O)(=O)O)N=C(/C=C/C(=C/C=C2/N(CCCS(=O)(=O)O)c3ccc(S(=O)(=O)O)cc3C2(C)C)c2ccc(CCC(=O)O)cc2)C1(C)C. The van der Waals surface area contributed by atoms with Crippen LogP contribution in [0.25, 0.3) is 5.57 Å². The number of fused-ring (bicyclic) bond motifs is 1. The highest BCUT2D eigenvalue weighted by Gasteiger charge is 2.41. The zero-order valence-corrected chi connectivity index (χ0v) is 36.0. The van der Waals surface area contributed by atoms with Crippen LogP contribution >= 0.6 is 11.6 Å². The molecule has 2 heterocycles. The first kappa shape index (κ1) is 46.5. The summed E-state index contributed by atoms with van der Waals surface area (Å²) in [6.45, 7) is 9.61. The van der Waals surface area contributed by atoms with E-state index < -0.39 is 58.7 Å². The molecule has 18 heteroatoms. The molecular weight excluding hydrogens is 830 g/mol. The van der Waals surface area contributed by atoms with Gasteiger partial charge in [-0.3, -0.25) is 23.4 Å². The van der Waals surface area contributed by atoms with Crippen LogP contribution in [-0.2, 0) is 47.0 Å². The minimum Gasteiger partial charge on any atom is -0.481 e. The number of amidine groups is 1. The van der Waals surface area contributed by atoms with Crippen molar-refractivity contribution in [3.8, 4) is 0 Å². The number of nitrogens with zero attached hydrogens (tertiary/aromatic N) is 3. The molecule has 0 unspecified atom stereocenters. The summed E-state index contributed by atoms with van der Waals surface area (Å²) in [6.07, 6.45) is 11.2. The van der Waals surface area contributed by atoms with Gasteiger partial charge in [0, 0.05) is 52.3 Å². The second-order valence-electron chi connectivity index (χ2n) is 14.9. The van der Waals surface area contributed by atoms with Crippen LogP contribution in [0.2, 0.25) is 0 Å². The fourth-order valence-corrected chi connectivity index (χ4v) is 8.26. The topological polar surface area (TPSA) is 228 Å². The van der Waals surface area contributed by atoms with Crippen molar-refractivity contribution >= 4 is 70.7 Å². The van der Waals surface area contributed by atoms with Gasteiger partial charge in [0.05, 0.1) is 22.1 Å². The van der Waals surface area contributed by atoms with Gasteiger partial charge in [0.15, 0.2) is 5.84 Å². The number of anilines is 1. The highest BCUT2D eigenvalue weighted by atomic mass is 35.5. The Bertz CT molecular complexity index is 2480. The van der Waals surface area contributed by atoms with Crippen molar-refractivity contribution < 1.29 is 48.8 Å². The fraction of sp³-hybridized carbons (Fsp3) is 0.375. The molecule has 314 valence electrons. The van der Waals surface area contributed by atoms with E-state index >= 15 is 0 Å². The first-order valence-electron chi connectivity index (χ1n) is 18.2. The van der Waals surface area contributed by atoms with Crippen molar-refractivity contribution in [3.63, 3.8) is 0 Å². The van der Waals surface area contributed by atoms with Crippen LogP contribution in [-0.4, -0.2) is 86.1 Å². The number of hydrogen-bond acceptors (Lipinski definition) is 9. The number of rotatable bonds is 17. The zero-order chi connectivity index (χ0) is 43.3. The van der Waals surface area contributed by atoms with Crippen molar-refractivity contribution in [2.45, 2.75) is 70.6 Å². The van der Waals surface area contributed by atoms with Crippen LogP contribution < -0.4 is 4.90 Å². The standard InChI is InChI=1S/C40H48ClN3O11S3/c1-6-30(41)25-33-38(42-21-7-23-56(47,48)49)43-35(39(33,2)3)18-14-29(28-12-9-27(10-13-28)11-20-37(45)46)15-19-36-40(4,5)32-26-31(58(53,54)55)16-17-34(32)44(36)22-8-24-57(50,51)52/h6,9-10,12-19,25-26H,7-8,11,20-24H2,1-5H3,(H,45,46)(H,47,48,49)(H,50,51,52)(H,53,54,55)/b18-14+,29-15-,30-6+,33-25+,36-19+,42-38-. The van der Waals surface area contributed by atoms with Gasteiger partial charge in [0.25, 0.3) is 30.4 Å². The van der Waals surface area contributed by atoms with Crippen molar-refractivity contribution in [2.75, 3.05) is 29.5 Å². The third kappa shape index (κ3) is 12.2. The summed E-state index contributed by atoms with van der Waals surface area (Å²) in [7, 11) is -13.0. The number of aliphatic imine (C=N–C) groups is 2. The normalized spacial score (nSPS) is 19.4. The highest BCUT2D eigenvalue weighted by Crippen LogP contribution is 2.48. The largest absolute Gasteiger partial charge is 0.481 e. The first-order valence-corrected chi connectivity index (χ1v) is 23.3. The lowest BCUT2D eigenvalue weighted by molar-refractivity contribution is -0.136. The van der Waals surface area contributed by atoms with Gasteiger partial charge in [-0.2, -0.15) is 25.3 Å². The third-order valence-corrected chi connectivity index (χ3v) is 12.6. The first-order chi connectivity index (χ1) is 26.8. The summed E-state index contributed by atoms with van der Waals surface area (Å²) < 4.78 is 98.6. The van der Waals surface area contributed by atoms with E-state index in [4.69, 9.17) is 16.6 Å². The van der Waals surface area contributed by atoms with E-state index in [0.717, 1.165) is 11.1 Å². The smallest absolute Gasteiger partial charge is 0.303 e. The maximum absolute atomic E-state index is 12.1. The lowest BCUT2D eigenvalue weighted by atomic mass is 9.80. The van der Waals surface area contributed by atoms with Crippen molar-refractivity contribution in [2.24, 2.45) is 15.4 Å². The van der Waals surface area contributed by atoms with Gasteiger partial charge in [0.2, 0.25) is 0 Å². The molecule has 0 amide bonds. The van der Waals surface area contributed by atoms with E-state index in [0.29, 0.717) is 51.1 Å². The van der Waals surface area contributed by atoms with Gasteiger partial charge in [0.1, 0.15) is 0 Å². The number of aliphatic carboxylic acids is 1. The van der Waals surface area contributed by atoms with Gasteiger partial charge < -0.3 is 10.0 Å². The molecule has 58 heavy (non-hydrogen) atoms. The highest BCUT2D eigenvalue weighted by molar-refractivity contribution is 7.86. The predicted molar refractivity (Wildman–Crippen MR) is 228 cm³/mol. The molecule has 0 saturated carbocycles. The number of hydrogen-bond donors (Lipinski definition) is 4. The molecule has 0 fully saturated rings. The average molecular weight is 878 g/mol. The number of carboxylic acids is 1. The summed E-state index contributed by atoms with van der Waals surface area (Å²) in [4.78, 5) is 22.1. The molecule has 0 atom stereocenters. The molecule has 0 aromatic heterocycles. The number of allylic oxidation sites excluding steroid dienone is 9. The number of halogens is 1. The molecule has 0 saturated heterocycles. The molecule has 2 aliphatic heterocycles. The van der Waals surface area contributed by atoms with E-state index in [-0.39, 0.29) is 37.2 Å². The Kier molecular flexibility index (Phi) is 14.7. The Morgan fingerprint density at radius 2 is 1.55 bits per heavy atom. The van der Waals surface area contributed by atoms with E-state index in [2.05, 4.69) is 4.99 Å². The lowest BCUT2D eigenvalue weighted by Gasteiger charge is -2.27. The Morgan fingerprint density at radius 3 is 2.14 bits per heavy atom. The van der Waals surface area contributed by atoms with Gasteiger partial charge in [-0.15, -0.1) is 0 Å². The monoisotopic (exact) mass is 877 g/mol. The fourth-order valence-electron chi connectivity index (χ4n) is 6.66. The Balaban J connectivity index is 1.87. The van der Waals surface area contributed by atoms with Crippen LogP contribution in [0, 0.1) is 5.41 Å². The summed E-state index contributed by atoms with van der Waals surface area (Å²) >= 11 is 6.44. The summed E-state index contributed by atoms with van der Waals surface area (Å²) in [5.74, 6) is -1.54. The molecule has 0 bridgehead atoms. The maximum Gasteiger partial charge on any atom is 0.303 e. The lowest BCUT2D eigenvalue weighted by Crippen LogP contribution is -2.28. The summed E-state index contributed by atoms with van der Waals surface area (Å²) in [5.41, 5.74) is 3.76. The van der Waals surface area contributed by atoms with Gasteiger partial charge >= 0.3 is 5.97 Å². The maximum atomic E-state index is 12.1. The van der Waals surface area contributed by atoms with Crippen molar-refractivity contribution in [1.29, 1.82) is 0 Å². The summed E-state index contributed by atoms with van der Waals surface area (Å²) in [6, 6.07) is 11.6. The average Bonchev–Trinajstić information content (AvgIpc) is 3.48. The molecule has 14 nitrogen and oxygen atoms in total. The van der Waals surface area contributed by atoms with Crippen LogP contribution in [0.3, 0.4) is 0 Å². The Hall–Kier alpha value is -4.23. The zero-order valence-electron chi connectivity index (χ0n) is 32.8. The molecule has 2 aromatic carbocycles. The van der Waals surface area contributed by atoms with Crippen molar-refractivity contribution in [3.05, 3.63) is 112 Å². The van der Waals surface area contributed by atoms with Crippen LogP contribution in [0.5, 0.6) is 0 Å². The van der Waals surface area contributed by atoms with E-state index in [1.165, 1.54) is 12.1 Å². The van der Waals surface area contributed by atoms with Crippen LogP contribution in [0.1, 0.15) is 70.6 Å². The number of carbonyl (C=O) groups is 1. The van der Waals surface area contributed by atoms with Crippen molar-refractivity contribution in [1.82, 2.24) is 0 Å². The number of benzene rings is 2. The minimum absolute atomic E-state index is 0.0434. The summed E-state index contributed by atoms with van der Waals surface area (Å²) in [5, 5.41) is 9.64. The van der Waals surface area contributed by atoms with Gasteiger partial charge in [-0.05, 0) is 84.9 Å². The number of carboxylic acid groups (broad SMARTS) is 1. The van der Waals surface area contributed by atoms with E-state index in [1.807, 2.05) is 81.2 Å². The quantitative estimate of drug-likeness (QED) is 0.0710. The third-order valence-electron chi connectivity index (χ3n) is 9.86. The molecule has 2 aromatic rings. The predicted octanol–water partition coefficient (Wildman–Crippen LogP) is 7.08. The molecule has 0 aliphatic carbocycles. The van der Waals surface area contributed by atoms with E-state index in [1.54, 1.807) is 25.1 Å².